The largest absolute Gasteiger partial charge is 0.489 e. The SMILES string of the molecule is Cc1ccc(NC(=O)c2ccc(OCc3c(C)noc3C)cc2)c(F)c1. The van der Waals surface area contributed by atoms with Gasteiger partial charge >= 0.3 is 0 Å². The molecule has 26 heavy (non-hydrogen) atoms. The van der Waals surface area contributed by atoms with Gasteiger partial charge in [0, 0.05) is 5.56 Å². The van der Waals surface area contributed by atoms with Gasteiger partial charge in [-0.05, 0) is 62.7 Å². The van der Waals surface area contributed by atoms with Crippen LogP contribution in [0.25, 0.3) is 0 Å². The van der Waals surface area contributed by atoms with Gasteiger partial charge in [-0.2, -0.15) is 0 Å². The first-order valence-corrected chi connectivity index (χ1v) is 8.16. The summed E-state index contributed by atoms with van der Waals surface area (Å²) in [7, 11) is 0. The number of carbonyl (C=O) groups is 1. The van der Waals surface area contributed by atoms with E-state index < -0.39 is 5.82 Å². The van der Waals surface area contributed by atoms with Crippen molar-refractivity contribution in [1.82, 2.24) is 5.16 Å². The molecule has 1 amide bonds. The highest BCUT2D eigenvalue weighted by Crippen LogP contribution is 2.20. The van der Waals surface area contributed by atoms with Crippen LogP contribution in [0.1, 0.15) is 32.9 Å². The average Bonchev–Trinajstić information content (AvgIpc) is 2.94. The highest BCUT2D eigenvalue weighted by Gasteiger charge is 2.11. The van der Waals surface area contributed by atoms with Gasteiger partial charge in [0.15, 0.2) is 0 Å². The summed E-state index contributed by atoms with van der Waals surface area (Å²) in [5, 5.41) is 6.45. The Labute approximate surface area is 150 Å². The molecule has 3 rings (SSSR count). The lowest BCUT2D eigenvalue weighted by Crippen LogP contribution is -2.13. The molecule has 0 saturated carbocycles. The van der Waals surface area contributed by atoms with Gasteiger partial charge in [0.25, 0.3) is 5.91 Å². The van der Waals surface area contributed by atoms with Crippen LogP contribution in [-0.2, 0) is 6.61 Å². The highest BCUT2D eigenvalue weighted by atomic mass is 19.1. The first-order valence-electron chi connectivity index (χ1n) is 8.16. The fourth-order valence-electron chi connectivity index (χ4n) is 2.48. The molecule has 0 spiro atoms. The quantitative estimate of drug-likeness (QED) is 0.729. The molecule has 0 fully saturated rings. The van der Waals surface area contributed by atoms with Crippen LogP contribution >= 0.6 is 0 Å². The minimum absolute atomic E-state index is 0.152. The maximum Gasteiger partial charge on any atom is 0.255 e. The summed E-state index contributed by atoms with van der Waals surface area (Å²) >= 11 is 0. The molecule has 0 aliphatic heterocycles. The van der Waals surface area contributed by atoms with E-state index >= 15 is 0 Å². The van der Waals surface area contributed by atoms with E-state index in [-0.39, 0.29) is 11.6 Å². The van der Waals surface area contributed by atoms with E-state index in [9.17, 15) is 9.18 Å². The molecule has 2 aromatic carbocycles. The zero-order valence-corrected chi connectivity index (χ0v) is 14.8. The number of anilines is 1. The van der Waals surface area contributed by atoms with E-state index in [1.807, 2.05) is 13.8 Å². The standard InChI is InChI=1S/C20H19FN2O3/c1-12-4-9-19(18(21)10-12)22-20(24)15-5-7-16(8-6-15)25-11-17-13(2)23-26-14(17)3/h4-10H,11H2,1-3H3,(H,22,24). The van der Waals surface area contributed by atoms with Gasteiger partial charge in [0.1, 0.15) is 23.9 Å². The molecule has 0 aliphatic rings. The van der Waals surface area contributed by atoms with Crippen molar-refractivity contribution in [3.05, 3.63) is 76.4 Å². The lowest BCUT2D eigenvalue weighted by atomic mass is 10.1. The summed E-state index contributed by atoms with van der Waals surface area (Å²) in [6.45, 7) is 5.81. The third-order valence-corrected chi connectivity index (χ3v) is 4.05. The Balaban J connectivity index is 1.64. The van der Waals surface area contributed by atoms with Crippen LogP contribution in [0.5, 0.6) is 5.75 Å². The molecule has 0 bridgehead atoms. The minimum atomic E-state index is -0.460. The molecule has 0 atom stereocenters. The van der Waals surface area contributed by atoms with E-state index in [2.05, 4.69) is 10.5 Å². The Hall–Kier alpha value is -3.15. The number of rotatable bonds is 5. The van der Waals surface area contributed by atoms with Crippen LogP contribution in [0, 0.1) is 26.6 Å². The van der Waals surface area contributed by atoms with E-state index in [4.69, 9.17) is 9.26 Å². The third-order valence-electron chi connectivity index (χ3n) is 4.05. The fourth-order valence-corrected chi connectivity index (χ4v) is 2.48. The molecule has 0 aliphatic carbocycles. The lowest BCUT2D eigenvalue weighted by Gasteiger charge is -2.09. The van der Waals surface area contributed by atoms with Crippen LogP contribution in [-0.4, -0.2) is 11.1 Å². The van der Waals surface area contributed by atoms with Gasteiger partial charge in [0.05, 0.1) is 16.9 Å². The van der Waals surface area contributed by atoms with Gasteiger partial charge in [-0.1, -0.05) is 11.2 Å². The fraction of sp³-hybridized carbons (Fsp3) is 0.200. The summed E-state index contributed by atoms with van der Waals surface area (Å²) < 4.78 is 24.6. The third kappa shape index (κ3) is 3.91. The van der Waals surface area contributed by atoms with E-state index in [0.717, 1.165) is 22.6 Å². The average molecular weight is 354 g/mol. The second-order valence-corrected chi connectivity index (χ2v) is 6.05. The van der Waals surface area contributed by atoms with Crippen LogP contribution in [0.3, 0.4) is 0 Å². The number of benzene rings is 2. The molecule has 1 heterocycles. The molecule has 1 N–H and O–H groups in total. The lowest BCUT2D eigenvalue weighted by molar-refractivity contribution is 0.102. The van der Waals surface area contributed by atoms with Crippen LogP contribution < -0.4 is 10.1 Å². The number of aromatic nitrogens is 1. The highest BCUT2D eigenvalue weighted by molar-refractivity contribution is 6.04. The molecule has 6 heteroatoms. The summed E-state index contributed by atoms with van der Waals surface area (Å²) in [5.74, 6) is 0.490. The maximum absolute atomic E-state index is 13.8. The van der Waals surface area contributed by atoms with Crippen LogP contribution in [0.4, 0.5) is 10.1 Å². The van der Waals surface area contributed by atoms with Crippen LogP contribution in [0.15, 0.2) is 47.0 Å². The number of hydrogen-bond acceptors (Lipinski definition) is 4. The van der Waals surface area contributed by atoms with Crippen molar-refractivity contribution in [3.8, 4) is 5.75 Å². The number of nitrogens with one attached hydrogen (secondary N) is 1. The van der Waals surface area contributed by atoms with Crippen molar-refractivity contribution in [1.29, 1.82) is 0 Å². The number of hydrogen-bond donors (Lipinski definition) is 1. The molecule has 5 nitrogen and oxygen atoms in total. The van der Waals surface area contributed by atoms with Gasteiger partial charge in [-0.25, -0.2) is 4.39 Å². The topological polar surface area (TPSA) is 64.4 Å². The Bertz CT molecular complexity index is 913. The van der Waals surface area contributed by atoms with Gasteiger partial charge in [-0.3, -0.25) is 4.79 Å². The molecular weight excluding hydrogens is 335 g/mol. The Morgan fingerprint density at radius 3 is 2.50 bits per heavy atom. The molecule has 1 aromatic heterocycles. The van der Waals surface area contributed by atoms with E-state index in [1.165, 1.54) is 6.07 Å². The minimum Gasteiger partial charge on any atom is -0.489 e. The Kier molecular flexibility index (Phi) is 5.02. The van der Waals surface area contributed by atoms with Gasteiger partial charge in [-0.15, -0.1) is 0 Å². The number of nitrogens with zero attached hydrogens (tertiary/aromatic N) is 1. The summed E-state index contributed by atoms with van der Waals surface area (Å²) in [5.41, 5.74) is 3.05. The zero-order valence-electron chi connectivity index (χ0n) is 14.8. The summed E-state index contributed by atoms with van der Waals surface area (Å²) in [4.78, 5) is 12.3. The van der Waals surface area contributed by atoms with Crippen molar-refractivity contribution < 1.29 is 18.4 Å². The Morgan fingerprint density at radius 2 is 1.88 bits per heavy atom. The smallest absolute Gasteiger partial charge is 0.255 e. The second kappa shape index (κ2) is 7.39. The van der Waals surface area contributed by atoms with E-state index in [0.29, 0.717) is 17.9 Å². The number of carbonyl (C=O) groups excluding carboxylic acids is 1. The summed E-state index contributed by atoms with van der Waals surface area (Å²) in [6, 6.07) is 11.3. The van der Waals surface area contributed by atoms with Gasteiger partial charge < -0.3 is 14.6 Å². The first-order chi connectivity index (χ1) is 12.4. The van der Waals surface area contributed by atoms with Crippen molar-refractivity contribution in [2.75, 3.05) is 5.32 Å². The summed E-state index contributed by atoms with van der Waals surface area (Å²) in [6.07, 6.45) is 0. The second-order valence-electron chi connectivity index (χ2n) is 6.05. The Morgan fingerprint density at radius 1 is 1.15 bits per heavy atom. The van der Waals surface area contributed by atoms with E-state index in [1.54, 1.807) is 43.3 Å². The van der Waals surface area contributed by atoms with Crippen molar-refractivity contribution >= 4 is 11.6 Å². The van der Waals surface area contributed by atoms with Crippen molar-refractivity contribution in [3.63, 3.8) is 0 Å². The number of halogens is 1. The molecule has 0 unspecified atom stereocenters. The predicted molar refractivity (Wildman–Crippen MR) is 95.8 cm³/mol. The number of aryl methyl sites for hydroxylation is 3. The van der Waals surface area contributed by atoms with Crippen molar-refractivity contribution in [2.24, 2.45) is 0 Å². The predicted octanol–water partition coefficient (Wildman–Crippen LogP) is 4.57. The van der Waals surface area contributed by atoms with Gasteiger partial charge in [0.2, 0.25) is 0 Å². The normalized spacial score (nSPS) is 10.6. The molecular formula is C20H19FN2O3. The first kappa shape index (κ1) is 17.7. The number of amides is 1. The monoisotopic (exact) mass is 354 g/mol. The zero-order chi connectivity index (χ0) is 18.7. The van der Waals surface area contributed by atoms with Crippen LogP contribution in [0.2, 0.25) is 0 Å². The maximum atomic E-state index is 13.8. The molecule has 3 aromatic rings. The molecule has 134 valence electrons. The number of ether oxygens (including phenoxy) is 1. The molecule has 0 saturated heterocycles. The molecule has 0 radical (unpaired) electrons. The van der Waals surface area contributed by atoms with Crippen molar-refractivity contribution in [2.45, 2.75) is 27.4 Å².